The maximum absolute atomic E-state index is 10.7. The second kappa shape index (κ2) is 6.02. The Labute approximate surface area is 106 Å². The number of hydrogen-bond donors (Lipinski definition) is 2. The van der Waals surface area contributed by atoms with Gasteiger partial charge < -0.3 is 19.6 Å². The monoisotopic (exact) mass is 253 g/mol. The number of rotatable bonds is 5. The van der Waals surface area contributed by atoms with Gasteiger partial charge in [0.1, 0.15) is 11.9 Å². The van der Waals surface area contributed by atoms with Crippen molar-refractivity contribution in [3.63, 3.8) is 0 Å². The van der Waals surface area contributed by atoms with Crippen LogP contribution >= 0.6 is 0 Å². The zero-order valence-corrected chi connectivity index (χ0v) is 10.5. The summed E-state index contributed by atoms with van der Waals surface area (Å²) >= 11 is 0. The first kappa shape index (κ1) is 13.1. The van der Waals surface area contributed by atoms with Crippen LogP contribution in [-0.2, 0) is 4.74 Å². The van der Waals surface area contributed by atoms with Gasteiger partial charge in [0.2, 0.25) is 5.76 Å². The zero-order valence-electron chi connectivity index (χ0n) is 10.5. The van der Waals surface area contributed by atoms with Crippen molar-refractivity contribution in [2.45, 2.75) is 25.9 Å². The number of carbonyl (C=O) groups is 1. The Morgan fingerprint density at radius 2 is 2.28 bits per heavy atom. The highest BCUT2D eigenvalue weighted by atomic mass is 16.5. The quantitative estimate of drug-likeness (QED) is 0.840. The number of furan rings is 1. The summed E-state index contributed by atoms with van der Waals surface area (Å²) in [5.41, 5.74) is 0. The molecule has 0 bridgehead atoms. The van der Waals surface area contributed by atoms with Crippen molar-refractivity contribution in [2.24, 2.45) is 5.92 Å². The second-order valence-corrected chi connectivity index (χ2v) is 4.68. The number of ether oxygens (including phenoxy) is 1. The van der Waals surface area contributed by atoms with Crippen molar-refractivity contribution in [1.29, 1.82) is 0 Å². The highest BCUT2D eigenvalue weighted by Gasteiger charge is 2.18. The molecule has 2 N–H and O–H groups in total. The molecule has 1 saturated heterocycles. The van der Waals surface area contributed by atoms with Crippen molar-refractivity contribution in [1.82, 2.24) is 5.32 Å². The highest BCUT2D eigenvalue weighted by Crippen LogP contribution is 2.22. The van der Waals surface area contributed by atoms with Crippen LogP contribution in [0.4, 0.5) is 0 Å². The molecule has 2 rings (SSSR count). The SMILES string of the molecule is CC(OCC1CCNCC1)c1ccc(C(=O)O)o1. The van der Waals surface area contributed by atoms with Crippen LogP contribution in [0.2, 0.25) is 0 Å². The molecular formula is C13H19NO4. The van der Waals surface area contributed by atoms with E-state index in [2.05, 4.69) is 5.32 Å². The summed E-state index contributed by atoms with van der Waals surface area (Å²) in [6.45, 7) is 4.68. The average molecular weight is 253 g/mol. The molecule has 0 radical (unpaired) electrons. The van der Waals surface area contributed by atoms with Gasteiger partial charge in [0.15, 0.2) is 0 Å². The van der Waals surface area contributed by atoms with E-state index in [-0.39, 0.29) is 11.9 Å². The fourth-order valence-corrected chi connectivity index (χ4v) is 2.10. The molecule has 0 spiro atoms. The van der Waals surface area contributed by atoms with E-state index >= 15 is 0 Å². The molecule has 0 saturated carbocycles. The summed E-state index contributed by atoms with van der Waals surface area (Å²) < 4.78 is 11.0. The maximum atomic E-state index is 10.7. The number of piperidine rings is 1. The molecule has 5 heteroatoms. The molecule has 1 fully saturated rings. The van der Waals surface area contributed by atoms with Crippen LogP contribution in [0.25, 0.3) is 0 Å². The Bertz CT molecular complexity index is 395. The number of carboxylic acid groups (broad SMARTS) is 1. The molecule has 100 valence electrons. The van der Waals surface area contributed by atoms with Crippen molar-refractivity contribution >= 4 is 5.97 Å². The van der Waals surface area contributed by atoms with Gasteiger partial charge in [0.25, 0.3) is 0 Å². The third-order valence-corrected chi connectivity index (χ3v) is 3.28. The molecule has 1 unspecified atom stereocenters. The van der Waals surface area contributed by atoms with Crippen molar-refractivity contribution in [3.8, 4) is 0 Å². The van der Waals surface area contributed by atoms with Crippen LogP contribution < -0.4 is 5.32 Å². The van der Waals surface area contributed by atoms with Gasteiger partial charge in [-0.3, -0.25) is 0 Å². The zero-order chi connectivity index (χ0) is 13.0. The van der Waals surface area contributed by atoms with E-state index in [1.54, 1.807) is 6.07 Å². The largest absolute Gasteiger partial charge is 0.475 e. The van der Waals surface area contributed by atoms with Crippen molar-refractivity contribution < 1.29 is 19.1 Å². The fourth-order valence-electron chi connectivity index (χ4n) is 2.10. The molecule has 1 aromatic rings. The van der Waals surface area contributed by atoms with Crippen LogP contribution in [0.15, 0.2) is 16.5 Å². The van der Waals surface area contributed by atoms with Crippen LogP contribution in [-0.4, -0.2) is 30.8 Å². The summed E-state index contributed by atoms with van der Waals surface area (Å²) in [5.74, 6) is 0.0677. The minimum atomic E-state index is -1.05. The van der Waals surface area contributed by atoms with Crippen molar-refractivity contribution in [2.75, 3.05) is 19.7 Å². The van der Waals surface area contributed by atoms with Gasteiger partial charge in [-0.2, -0.15) is 0 Å². The Balaban J connectivity index is 1.82. The van der Waals surface area contributed by atoms with E-state index in [1.165, 1.54) is 6.07 Å². The van der Waals surface area contributed by atoms with E-state index < -0.39 is 5.97 Å². The Morgan fingerprint density at radius 3 is 2.89 bits per heavy atom. The predicted molar refractivity (Wildman–Crippen MR) is 65.6 cm³/mol. The summed E-state index contributed by atoms with van der Waals surface area (Å²) in [7, 11) is 0. The van der Waals surface area contributed by atoms with Gasteiger partial charge in [-0.1, -0.05) is 0 Å². The van der Waals surface area contributed by atoms with Gasteiger partial charge in [-0.15, -0.1) is 0 Å². The highest BCUT2D eigenvalue weighted by molar-refractivity contribution is 5.84. The Morgan fingerprint density at radius 1 is 1.56 bits per heavy atom. The average Bonchev–Trinajstić information content (AvgIpc) is 2.87. The second-order valence-electron chi connectivity index (χ2n) is 4.68. The first-order valence-corrected chi connectivity index (χ1v) is 6.32. The standard InChI is InChI=1S/C13H19NO4/c1-9(11-2-3-12(18-11)13(15)16)17-8-10-4-6-14-7-5-10/h2-3,9-10,14H,4-8H2,1H3,(H,15,16). The maximum Gasteiger partial charge on any atom is 0.371 e. The van der Waals surface area contributed by atoms with E-state index in [0.29, 0.717) is 18.3 Å². The number of carboxylic acids is 1. The molecule has 1 aromatic heterocycles. The van der Waals surface area contributed by atoms with Gasteiger partial charge in [0, 0.05) is 0 Å². The Hall–Kier alpha value is -1.33. The lowest BCUT2D eigenvalue weighted by Gasteiger charge is -2.23. The molecule has 0 aliphatic carbocycles. The molecule has 1 atom stereocenters. The fraction of sp³-hybridized carbons (Fsp3) is 0.615. The lowest BCUT2D eigenvalue weighted by molar-refractivity contribution is 0.0191. The normalized spacial score (nSPS) is 18.7. The molecule has 0 amide bonds. The number of hydrogen-bond acceptors (Lipinski definition) is 4. The lowest BCUT2D eigenvalue weighted by Crippen LogP contribution is -2.30. The number of nitrogens with one attached hydrogen (secondary N) is 1. The molecule has 18 heavy (non-hydrogen) atoms. The van der Waals surface area contributed by atoms with Crippen LogP contribution in [0, 0.1) is 5.92 Å². The minimum absolute atomic E-state index is 0.0395. The molecule has 0 aromatic carbocycles. The Kier molecular flexibility index (Phi) is 4.38. The minimum Gasteiger partial charge on any atom is -0.475 e. The summed E-state index contributed by atoms with van der Waals surface area (Å²) in [4.78, 5) is 10.7. The van der Waals surface area contributed by atoms with Crippen LogP contribution in [0.5, 0.6) is 0 Å². The van der Waals surface area contributed by atoms with E-state index in [4.69, 9.17) is 14.3 Å². The predicted octanol–water partition coefficient (Wildman–Crippen LogP) is 2.06. The van der Waals surface area contributed by atoms with Gasteiger partial charge in [0.05, 0.1) is 6.61 Å². The van der Waals surface area contributed by atoms with E-state index in [1.807, 2.05) is 6.92 Å². The first-order chi connectivity index (χ1) is 8.66. The molecule has 1 aliphatic heterocycles. The molecule has 1 aliphatic rings. The molecular weight excluding hydrogens is 234 g/mol. The van der Waals surface area contributed by atoms with Crippen molar-refractivity contribution in [3.05, 3.63) is 23.7 Å². The smallest absolute Gasteiger partial charge is 0.371 e. The number of aromatic carboxylic acids is 1. The first-order valence-electron chi connectivity index (χ1n) is 6.32. The van der Waals surface area contributed by atoms with E-state index in [9.17, 15) is 4.79 Å². The molecule has 2 heterocycles. The van der Waals surface area contributed by atoms with Gasteiger partial charge in [-0.05, 0) is 50.9 Å². The summed E-state index contributed by atoms with van der Waals surface area (Å²) in [5, 5.41) is 12.1. The van der Waals surface area contributed by atoms with Crippen LogP contribution in [0.1, 0.15) is 42.2 Å². The topological polar surface area (TPSA) is 71.7 Å². The van der Waals surface area contributed by atoms with E-state index in [0.717, 1.165) is 25.9 Å². The lowest BCUT2D eigenvalue weighted by atomic mass is 9.99. The summed E-state index contributed by atoms with van der Waals surface area (Å²) in [6, 6.07) is 3.12. The van der Waals surface area contributed by atoms with Gasteiger partial charge >= 0.3 is 5.97 Å². The molecule has 5 nitrogen and oxygen atoms in total. The third-order valence-electron chi connectivity index (χ3n) is 3.28. The van der Waals surface area contributed by atoms with Gasteiger partial charge in [-0.25, -0.2) is 4.79 Å². The summed E-state index contributed by atoms with van der Waals surface area (Å²) in [6.07, 6.45) is 2.06. The van der Waals surface area contributed by atoms with Crippen LogP contribution in [0.3, 0.4) is 0 Å². The third kappa shape index (κ3) is 3.34.